The Labute approximate surface area is 191 Å². The summed E-state index contributed by atoms with van der Waals surface area (Å²) in [5, 5.41) is 0.925. The summed E-state index contributed by atoms with van der Waals surface area (Å²) in [7, 11) is -3.50. The zero-order valence-electron chi connectivity index (χ0n) is 19.2. The molecular formula is C24H34N2O3S2. The number of likely N-dealkylation sites (tertiary alicyclic amines) is 1. The van der Waals surface area contributed by atoms with E-state index < -0.39 is 10.0 Å². The van der Waals surface area contributed by atoms with Gasteiger partial charge in [-0.3, -0.25) is 4.90 Å². The largest absolute Gasteiger partial charge is 0.479 e. The van der Waals surface area contributed by atoms with Gasteiger partial charge in [-0.05, 0) is 61.4 Å². The predicted octanol–water partition coefficient (Wildman–Crippen LogP) is 4.65. The topological polar surface area (TPSA) is 49.9 Å². The number of benzene rings is 1. The summed E-state index contributed by atoms with van der Waals surface area (Å²) in [6.07, 6.45) is 2.01. The number of fused-ring (bicyclic) bond motifs is 1. The van der Waals surface area contributed by atoms with E-state index in [4.69, 9.17) is 4.74 Å². The van der Waals surface area contributed by atoms with Gasteiger partial charge in [-0.15, -0.1) is 11.3 Å². The van der Waals surface area contributed by atoms with E-state index in [-0.39, 0.29) is 11.5 Å². The Bertz CT molecular complexity index is 1020. The second-order valence-corrected chi connectivity index (χ2v) is 13.0. The van der Waals surface area contributed by atoms with Crippen LogP contribution in [-0.2, 0) is 28.4 Å². The van der Waals surface area contributed by atoms with Gasteiger partial charge in [0.1, 0.15) is 6.10 Å². The van der Waals surface area contributed by atoms with Gasteiger partial charge in [0.05, 0.1) is 4.90 Å². The first kappa shape index (κ1) is 22.8. The zero-order valence-corrected chi connectivity index (χ0v) is 20.9. The van der Waals surface area contributed by atoms with Crippen LogP contribution in [0.1, 0.15) is 57.0 Å². The lowest BCUT2D eigenvalue weighted by atomic mass is 9.87. The minimum atomic E-state index is -3.50. The Balaban J connectivity index is 1.45. The monoisotopic (exact) mass is 462 g/mol. The van der Waals surface area contributed by atoms with Crippen LogP contribution >= 0.6 is 11.3 Å². The van der Waals surface area contributed by atoms with Gasteiger partial charge in [0.25, 0.3) is 0 Å². The summed E-state index contributed by atoms with van der Waals surface area (Å²) in [5.74, 6) is 0. The fourth-order valence-corrected chi connectivity index (χ4v) is 6.92. The molecule has 2 aliphatic heterocycles. The van der Waals surface area contributed by atoms with Crippen molar-refractivity contribution >= 4 is 21.4 Å². The first-order valence-electron chi connectivity index (χ1n) is 11.2. The molecule has 7 heteroatoms. The van der Waals surface area contributed by atoms with Crippen LogP contribution in [0.5, 0.6) is 5.06 Å². The second kappa shape index (κ2) is 8.50. The van der Waals surface area contributed by atoms with E-state index in [2.05, 4.69) is 45.6 Å². The van der Waals surface area contributed by atoms with Gasteiger partial charge < -0.3 is 4.74 Å². The SMILES string of the molecule is CC(C)N1CCC(Oc2cc3c(s2)CN(S(=O)(=O)c2ccc(C(C)(C)C)cc2)CC3)C1. The maximum atomic E-state index is 13.2. The molecule has 0 amide bonds. The fourth-order valence-electron chi connectivity index (χ4n) is 4.29. The van der Waals surface area contributed by atoms with Gasteiger partial charge in [-0.25, -0.2) is 8.42 Å². The number of hydrogen-bond donors (Lipinski definition) is 0. The molecule has 3 heterocycles. The standard InChI is InChI=1S/C24H34N2O3S2/c1-17(2)25-12-11-20(15-25)29-23-14-18-10-13-26(16-22(18)30-23)31(27,28)21-8-6-19(7-9-21)24(3,4)5/h6-9,14,17,20H,10-13,15-16H2,1-5H3. The van der Waals surface area contributed by atoms with Crippen molar-refractivity contribution in [2.45, 2.75) is 76.5 Å². The first-order chi connectivity index (χ1) is 14.5. The van der Waals surface area contributed by atoms with Gasteiger partial charge in [-0.2, -0.15) is 4.31 Å². The van der Waals surface area contributed by atoms with Crippen molar-refractivity contribution in [3.05, 3.63) is 46.3 Å². The molecule has 5 nitrogen and oxygen atoms in total. The lowest BCUT2D eigenvalue weighted by Gasteiger charge is -2.26. The summed E-state index contributed by atoms with van der Waals surface area (Å²) in [6, 6.07) is 10.0. The molecule has 0 N–H and O–H groups in total. The lowest BCUT2D eigenvalue weighted by molar-refractivity contribution is 0.192. The molecule has 2 aliphatic rings. The molecule has 31 heavy (non-hydrogen) atoms. The molecular weight excluding hydrogens is 428 g/mol. The highest BCUT2D eigenvalue weighted by molar-refractivity contribution is 7.89. The maximum Gasteiger partial charge on any atom is 0.243 e. The Kier molecular flexibility index (Phi) is 6.25. The molecule has 0 saturated carbocycles. The van der Waals surface area contributed by atoms with Crippen LogP contribution in [0.25, 0.3) is 0 Å². The molecule has 0 aliphatic carbocycles. The van der Waals surface area contributed by atoms with Crippen LogP contribution in [0.3, 0.4) is 0 Å². The van der Waals surface area contributed by atoms with E-state index in [9.17, 15) is 8.42 Å². The Morgan fingerprint density at radius 3 is 2.45 bits per heavy atom. The number of hydrogen-bond acceptors (Lipinski definition) is 5. The quantitative estimate of drug-likeness (QED) is 0.649. The minimum absolute atomic E-state index is 0.00120. The molecule has 4 rings (SSSR count). The average Bonchev–Trinajstić information content (AvgIpc) is 3.33. The van der Waals surface area contributed by atoms with Crippen LogP contribution in [0.2, 0.25) is 0 Å². The molecule has 1 aromatic carbocycles. The second-order valence-electron chi connectivity index (χ2n) is 9.99. The van der Waals surface area contributed by atoms with E-state index in [1.54, 1.807) is 27.8 Å². The normalized spacial score (nSPS) is 20.9. The van der Waals surface area contributed by atoms with Crippen molar-refractivity contribution in [2.24, 2.45) is 0 Å². The minimum Gasteiger partial charge on any atom is -0.479 e. The van der Waals surface area contributed by atoms with E-state index in [0.29, 0.717) is 24.0 Å². The van der Waals surface area contributed by atoms with Crippen molar-refractivity contribution < 1.29 is 13.2 Å². The van der Waals surface area contributed by atoms with Crippen LogP contribution < -0.4 is 4.74 Å². The summed E-state index contributed by atoms with van der Waals surface area (Å²) >= 11 is 1.61. The number of sulfonamides is 1. The molecule has 1 fully saturated rings. The van der Waals surface area contributed by atoms with E-state index in [1.807, 2.05) is 12.1 Å². The lowest BCUT2D eigenvalue weighted by Crippen LogP contribution is -2.35. The third kappa shape index (κ3) is 4.85. The van der Waals surface area contributed by atoms with Gasteiger partial charge in [-0.1, -0.05) is 32.9 Å². The molecule has 2 aromatic rings. The van der Waals surface area contributed by atoms with Crippen LogP contribution in [-0.4, -0.2) is 49.4 Å². The molecule has 0 spiro atoms. The van der Waals surface area contributed by atoms with Crippen LogP contribution in [0, 0.1) is 0 Å². The Morgan fingerprint density at radius 2 is 1.84 bits per heavy atom. The molecule has 1 aromatic heterocycles. The smallest absolute Gasteiger partial charge is 0.243 e. The molecule has 170 valence electrons. The highest BCUT2D eigenvalue weighted by Crippen LogP contribution is 2.36. The van der Waals surface area contributed by atoms with Crippen LogP contribution in [0.15, 0.2) is 35.2 Å². The number of rotatable bonds is 5. The summed E-state index contributed by atoms with van der Waals surface area (Å²) in [5.41, 5.74) is 2.37. The van der Waals surface area contributed by atoms with E-state index >= 15 is 0 Å². The van der Waals surface area contributed by atoms with Gasteiger partial charge in [0.2, 0.25) is 10.0 Å². The molecule has 0 radical (unpaired) electrons. The van der Waals surface area contributed by atoms with Crippen molar-refractivity contribution in [3.63, 3.8) is 0 Å². The third-order valence-corrected chi connectivity index (χ3v) is 9.28. The number of ether oxygens (including phenoxy) is 1. The predicted molar refractivity (Wildman–Crippen MR) is 127 cm³/mol. The third-order valence-electron chi connectivity index (χ3n) is 6.37. The fraction of sp³-hybridized carbons (Fsp3) is 0.583. The molecule has 1 saturated heterocycles. The van der Waals surface area contributed by atoms with Gasteiger partial charge in [0.15, 0.2) is 5.06 Å². The van der Waals surface area contributed by atoms with Crippen molar-refractivity contribution in [1.29, 1.82) is 0 Å². The van der Waals surface area contributed by atoms with Crippen molar-refractivity contribution in [1.82, 2.24) is 9.21 Å². The number of nitrogens with zero attached hydrogens (tertiary/aromatic N) is 2. The van der Waals surface area contributed by atoms with Gasteiger partial charge >= 0.3 is 0 Å². The first-order valence-corrected chi connectivity index (χ1v) is 13.4. The summed E-state index contributed by atoms with van der Waals surface area (Å²) < 4.78 is 34.4. The molecule has 1 unspecified atom stereocenters. The summed E-state index contributed by atoms with van der Waals surface area (Å²) in [4.78, 5) is 3.92. The molecule has 0 bridgehead atoms. The number of thiophene rings is 1. The Morgan fingerprint density at radius 1 is 1.13 bits per heavy atom. The summed E-state index contributed by atoms with van der Waals surface area (Å²) in [6.45, 7) is 13.8. The van der Waals surface area contributed by atoms with Crippen molar-refractivity contribution in [2.75, 3.05) is 19.6 Å². The van der Waals surface area contributed by atoms with E-state index in [1.165, 1.54) is 5.56 Å². The van der Waals surface area contributed by atoms with Crippen LogP contribution in [0.4, 0.5) is 0 Å². The Hall–Kier alpha value is -1.41. The molecule has 1 atom stereocenters. The highest BCUT2D eigenvalue weighted by Gasteiger charge is 2.31. The zero-order chi connectivity index (χ0) is 22.4. The van der Waals surface area contributed by atoms with E-state index in [0.717, 1.165) is 41.4 Å². The highest BCUT2D eigenvalue weighted by atomic mass is 32.2. The maximum absolute atomic E-state index is 13.2. The van der Waals surface area contributed by atoms with Crippen molar-refractivity contribution in [3.8, 4) is 5.06 Å². The van der Waals surface area contributed by atoms with Gasteiger partial charge in [0, 0.05) is 37.1 Å². The average molecular weight is 463 g/mol.